The first-order valence-corrected chi connectivity index (χ1v) is 10.1. The number of nitrogens with zero attached hydrogens (tertiary/aromatic N) is 2. The third-order valence-corrected chi connectivity index (χ3v) is 6.58. The van der Waals surface area contributed by atoms with E-state index in [0.717, 1.165) is 28.3 Å². The summed E-state index contributed by atoms with van der Waals surface area (Å²) in [6.07, 6.45) is 9.49. The zero-order valence-electron chi connectivity index (χ0n) is 14.0. The lowest BCUT2D eigenvalue weighted by molar-refractivity contribution is -0.134. The average Bonchev–Trinajstić information content (AvgIpc) is 2.65. The van der Waals surface area contributed by atoms with Crippen molar-refractivity contribution in [1.82, 2.24) is 9.88 Å². The van der Waals surface area contributed by atoms with E-state index in [2.05, 4.69) is 16.0 Å². The number of fused-ring (bicyclic) bond motifs is 2. The van der Waals surface area contributed by atoms with Gasteiger partial charge in [0.1, 0.15) is 0 Å². The van der Waals surface area contributed by atoms with Crippen LogP contribution in [0.3, 0.4) is 0 Å². The summed E-state index contributed by atoms with van der Waals surface area (Å²) in [5.74, 6) is 1.61. The maximum Gasteiger partial charge on any atom is 0.233 e. The summed E-state index contributed by atoms with van der Waals surface area (Å²) in [5, 5.41) is 1.15. The molecule has 2 fully saturated rings. The lowest BCUT2D eigenvalue weighted by atomic mass is 9.78. The van der Waals surface area contributed by atoms with Crippen LogP contribution < -0.4 is 0 Å². The highest BCUT2D eigenvalue weighted by molar-refractivity contribution is 8.00. The van der Waals surface area contributed by atoms with Crippen LogP contribution in [0.5, 0.6) is 0 Å². The number of benzene rings is 1. The number of aromatic nitrogens is 1. The summed E-state index contributed by atoms with van der Waals surface area (Å²) in [5.41, 5.74) is 1.00. The van der Waals surface area contributed by atoms with Crippen LogP contribution in [0, 0.1) is 5.92 Å². The van der Waals surface area contributed by atoms with Crippen LogP contribution in [0.25, 0.3) is 10.9 Å². The van der Waals surface area contributed by atoms with E-state index >= 15 is 0 Å². The zero-order valence-corrected chi connectivity index (χ0v) is 14.8. The Bertz CT molecular complexity index is 725. The highest BCUT2D eigenvalue weighted by Crippen LogP contribution is 2.36. The van der Waals surface area contributed by atoms with Crippen LogP contribution in [0.1, 0.15) is 38.5 Å². The molecule has 4 heteroatoms. The van der Waals surface area contributed by atoms with Crippen molar-refractivity contribution in [3.05, 3.63) is 36.5 Å². The first kappa shape index (κ1) is 15.9. The molecule has 1 amide bonds. The van der Waals surface area contributed by atoms with Gasteiger partial charge < -0.3 is 4.90 Å². The number of piperidine rings is 1. The Hall–Kier alpha value is -1.55. The van der Waals surface area contributed by atoms with E-state index in [1.54, 1.807) is 11.8 Å². The molecule has 2 aromatic rings. The smallest absolute Gasteiger partial charge is 0.233 e. The fraction of sp³-hybridized carbons (Fsp3) is 0.500. The van der Waals surface area contributed by atoms with Gasteiger partial charge in [0.25, 0.3) is 0 Å². The van der Waals surface area contributed by atoms with Gasteiger partial charge in [-0.1, -0.05) is 31.0 Å². The molecule has 1 aromatic carbocycles. The van der Waals surface area contributed by atoms with E-state index in [1.165, 1.54) is 38.5 Å². The normalized spacial score (nSPS) is 23.9. The Balaban J connectivity index is 1.46. The minimum atomic E-state index is 0.317. The van der Waals surface area contributed by atoms with E-state index in [-0.39, 0.29) is 0 Å². The molecular formula is C20H24N2OS. The van der Waals surface area contributed by atoms with Crippen LogP contribution in [-0.4, -0.2) is 34.1 Å². The number of pyridine rings is 1. The van der Waals surface area contributed by atoms with Gasteiger partial charge in [-0.2, -0.15) is 0 Å². The molecule has 2 heterocycles. The number of amides is 1. The predicted molar refractivity (Wildman–Crippen MR) is 99.2 cm³/mol. The van der Waals surface area contributed by atoms with Crippen molar-refractivity contribution in [2.45, 2.75) is 49.5 Å². The number of carbonyl (C=O) groups is 1. The molecule has 24 heavy (non-hydrogen) atoms. The van der Waals surface area contributed by atoms with Crippen molar-refractivity contribution in [1.29, 1.82) is 0 Å². The van der Waals surface area contributed by atoms with Crippen molar-refractivity contribution < 1.29 is 4.79 Å². The molecule has 2 aliphatic rings. The highest BCUT2D eigenvalue weighted by Gasteiger charge is 2.35. The van der Waals surface area contributed by atoms with Crippen LogP contribution in [0.15, 0.2) is 41.4 Å². The maximum absolute atomic E-state index is 12.9. The first-order valence-electron chi connectivity index (χ1n) is 9.09. The molecule has 1 saturated heterocycles. The topological polar surface area (TPSA) is 33.2 Å². The number of hydrogen-bond donors (Lipinski definition) is 0. The van der Waals surface area contributed by atoms with Gasteiger partial charge in [-0.25, -0.2) is 0 Å². The number of thioether (sulfide) groups is 1. The maximum atomic E-state index is 12.9. The number of rotatable bonds is 3. The van der Waals surface area contributed by atoms with E-state index in [0.29, 0.717) is 17.7 Å². The van der Waals surface area contributed by atoms with Crippen molar-refractivity contribution in [2.75, 3.05) is 12.3 Å². The standard InChI is InChI=1S/C20H24N2OS/c23-20(22-13-5-7-15-6-1-4-10-18(15)22)14-24-19-11-12-21-17-9-3-2-8-16(17)19/h2-3,8-9,11-12,15,18H,1,4-7,10,13-14H2. The largest absolute Gasteiger partial charge is 0.339 e. The van der Waals surface area contributed by atoms with Crippen LogP contribution in [0.2, 0.25) is 0 Å². The van der Waals surface area contributed by atoms with E-state index in [9.17, 15) is 4.79 Å². The molecule has 1 saturated carbocycles. The van der Waals surface area contributed by atoms with Gasteiger partial charge in [0.2, 0.25) is 5.91 Å². The second-order valence-electron chi connectivity index (χ2n) is 6.96. The Morgan fingerprint density at radius 2 is 1.96 bits per heavy atom. The van der Waals surface area contributed by atoms with Crippen LogP contribution >= 0.6 is 11.8 Å². The van der Waals surface area contributed by atoms with Crippen molar-refractivity contribution in [2.24, 2.45) is 5.92 Å². The molecule has 3 nitrogen and oxygen atoms in total. The van der Waals surface area contributed by atoms with Gasteiger partial charge in [-0.3, -0.25) is 9.78 Å². The highest BCUT2D eigenvalue weighted by atomic mass is 32.2. The second kappa shape index (κ2) is 7.14. The average molecular weight is 340 g/mol. The SMILES string of the molecule is O=C(CSc1ccnc2ccccc12)N1CCCC2CCCCC21. The monoisotopic (exact) mass is 340 g/mol. The number of carbonyl (C=O) groups excluding carboxylic acids is 1. The molecule has 1 aromatic heterocycles. The van der Waals surface area contributed by atoms with E-state index < -0.39 is 0 Å². The van der Waals surface area contributed by atoms with Gasteiger partial charge >= 0.3 is 0 Å². The Morgan fingerprint density at radius 3 is 2.92 bits per heavy atom. The fourth-order valence-electron chi connectivity index (χ4n) is 4.35. The van der Waals surface area contributed by atoms with Crippen molar-refractivity contribution in [3.8, 4) is 0 Å². The van der Waals surface area contributed by atoms with Crippen LogP contribution in [0.4, 0.5) is 0 Å². The minimum absolute atomic E-state index is 0.317. The van der Waals surface area contributed by atoms with E-state index in [1.807, 2.05) is 30.5 Å². The summed E-state index contributed by atoms with van der Waals surface area (Å²) in [7, 11) is 0. The van der Waals surface area contributed by atoms with Crippen LogP contribution in [-0.2, 0) is 4.79 Å². The number of para-hydroxylation sites is 1. The molecule has 1 aliphatic carbocycles. The summed E-state index contributed by atoms with van der Waals surface area (Å²) in [6.45, 7) is 0.956. The van der Waals surface area contributed by atoms with Gasteiger partial charge in [-0.15, -0.1) is 11.8 Å². The quantitative estimate of drug-likeness (QED) is 0.771. The second-order valence-corrected chi connectivity index (χ2v) is 7.97. The molecule has 1 aliphatic heterocycles. The molecule has 0 radical (unpaired) electrons. The number of likely N-dealkylation sites (tertiary alicyclic amines) is 1. The van der Waals surface area contributed by atoms with Gasteiger partial charge in [-0.05, 0) is 43.7 Å². The predicted octanol–water partition coefficient (Wildman–Crippen LogP) is 4.51. The summed E-state index contributed by atoms with van der Waals surface area (Å²) < 4.78 is 0. The molecule has 0 spiro atoms. The molecule has 2 atom stereocenters. The summed E-state index contributed by atoms with van der Waals surface area (Å²) in [4.78, 5) is 20.6. The third kappa shape index (κ3) is 3.16. The summed E-state index contributed by atoms with van der Waals surface area (Å²) >= 11 is 1.66. The Kier molecular flexibility index (Phi) is 4.74. The molecule has 4 rings (SSSR count). The molecule has 126 valence electrons. The van der Waals surface area contributed by atoms with E-state index in [4.69, 9.17) is 0 Å². The van der Waals surface area contributed by atoms with Crippen molar-refractivity contribution in [3.63, 3.8) is 0 Å². The van der Waals surface area contributed by atoms with Gasteiger partial charge in [0, 0.05) is 29.1 Å². The Labute approximate surface area is 147 Å². The molecule has 2 unspecified atom stereocenters. The fourth-order valence-corrected chi connectivity index (χ4v) is 5.28. The zero-order chi connectivity index (χ0) is 16.4. The first-order chi connectivity index (χ1) is 11.8. The third-order valence-electron chi connectivity index (χ3n) is 5.52. The molecular weight excluding hydrogens is 316 g/mol. The lowest BCUT2D eigenvalue weighted by Crippen LogP contribution is -2.50. The lowest BCUT2D eigenvalue weighted by Gasteiger charge is -2.44. The van der Waals surface area contributed by atoms with Gasteiger partial charge in [0.15, 0.2) is 0 Å². The van der Waals surface area contributed by atoms with Gasteiger partial charge in [0.05, 0.1) is 11.3 Å². The number of hydrogen-bond acceptors (Lipinski definition) is 3. The minimum Gasteiger partial charge on any atom is -0.339 e. The summed E-state index contributed by atoms with van der Waals surface area (Å²) in [6, 6.07) is 10.7. The molecule has 0 N–H and O–H groups in total. The Morgan fingerprint density at radius 1 is 1.12 bits per heavy atom. The molecule has 0 bridgehead atoms. The van der Waals surface area contributed by atoms with Crippen molar-refractivity contribution >= 4 is 28.6 Å².